The first-order valence-electron chi connectivity index (χ1n) is 4.58. The molecule has 98 valence electrons. The summed E-state index contributed by atoms with van der Waals surface area (Å²) in [7, 11) is 0. The van der Waals surface area contributed by atoms with Gasteiger partial charge in [-0.2, -0.15) is 10.4 Å². The fourth-order valence-corrected chi connectivity index (χ4v) is 1.37. The van der Waals surface area contributed by atoms with Crippen molar-refractivity contribution < 1.29 is 9.31 Å². The Balaban J connectivity index is 3.21. The Kier molecular flexibility index (Phi) is 4.49. The molecule has 0 heterocycles. The number of rotatable bonds is 4. The minimum absolute atomic E-state index is 0.0826. The number of nitrogens with one attached hydrogen (secondary N) is 2. The third-order valence-electron chi connectivity index (χ3n) is 1.88. The lowest BCUT2D eigenvalue weighted by molar-refractivity contribution is -0.384. The number of nitrogens with two attached hydrogens (primary N) is 1. The van der Waals surface area contributed by atoms with Crippen LogP contribution in [-0.4, -0.2) is 16.5 Å². The minimum Gasteiger partial charge on any atom is -0.382 e. The van der Waals surface area contributed by atoms with Crippen molar-refractivity contribution >= 4 is 38.9 Å². The molecule has 0 aliphatic rings. The van der Waals surface area contributed by atoms with Crippen molar-refractivity contribution in [2.45, 2.75) is 0 Å². The third kappa shape index (κ3) is 3.46. The molecule has 0 unspecified atom stereocenters. The van der Waals surface area contributed by atoms with Crippen LogP contribution in [0.15, 0.2) is 21.7 Å². The molecule has 0 radical (unpaired) electrons. The summed E-state index contributed by atoms with van der Waals surface area (Å²) < 4.78 is 13.2. The maximum Gasteiger partial charge on any atom is 0.295 e. The normalized spacial score (nSPS) is 10.7. The van der Waals surface area contributed by atoms with Crippen LogP contribution in [0.2, 0.25) is 0 Å². The van der Waals surface area contributed by atoms with E-state index in [2.05, 4.69) is 26.5 Å². The summed E-state index contributed by atoms with van der Waals surface area (Å²) in [6.07, 6.45) is 0. The predicted octanol–water partition coefficient (Wildman–Crippen LogP) is 1.72. The van der Waals surface area contributed by atoms with Gasteiger partial charge in [0.15, 0.2) is 5.84 Å². The summed E-state index contributed by atoms with van der Waals surface area (Å²) in [4.78, 5) is 10.0. The van der Waals surface area contributed by atoms with Crippen LogP contribution in [0, 0.1) is 32.7 Å². The van der Waals surface area contributed by atoms with E-state index in [1.54, 1.807) is 0 Å². The Morgan fingerprint density at radius 1 is 1.68 bits per heavy atom. The standard InChI is InChI=1S/C9H6BrFN6O2/c10-4-1-8(17(18)19)6(2-5(4)11)15-16-7(3-12)9(13)14/h1-2,15H,(H3,13,14)/b16-7+. The zero-order valence-electron chi connectivity index (χ0n) is 9.15. The van der Waals surface area contributed by atoms with Crippen LogP contribution in [0.3, 0.4) is 0 Å². The number of nitrogens with zero attached hydrogens (tertiary/aromatic N) is 3. The Labute approximate surface area is 114 Å². The second-order valence-electron chi connectivity index (χ2n) is 3.14. The summed E-state index contributed by atoms with van der Waals surface area (Å²) in [5, 5.41) is 29.8. The van der Waals surface area contributed by atoms with Gasteiger partial charge >= 0.3 is 0 Å². The lowest BCUT2D eigenvalue weighted by atomic mass is 10.2. The van der Waals surface area contributed by atoms with E-state index < -0.39 is 28.0 Å². The lowest BCUT2D eigenvalue weighted by Crippen LogP contribution is -2.22. The number of hydrogen-bond donors (Lipinski definition) is 3. The van der Waals surface area contributed by atoms with Gasteiger partial charge in [0.2, 0.25) is 5.71 Å². The molecule has 1 aromatic rings. The van der Waals surface area contributed by atoms with Crippen LogP contribution in [0.5, 0.6) is 0 Å². The number of nitro benzene ring substituents is 1. The molecular formula is C9H6BrFN6O2. The average molecular weight is 329 g/mol. The lowest BCUT2D eigenvalue weighted by Gasteiger charge is -2.04. The fraction of sp³-hybridized carbons (Fsp3) is 0. The number of nitro groups is 1. The smallest absolute Gasteiger partial charge is 0.295 e. The van der Waals surface area contributed by atoms with Crippen LogP contribution in [0.1, 0.15) is 0 Å². The second-order valence-corrected chi connectivity index (χ2v) is 3.99. The Morgan fingerprint density at radius 3 is 2.79 bits per heavy atom. The van der Waals surface area contributed by atoms with Crippen LogP contribution in [0.4, 0.5) is 15.8 Å². The van der Waals surface area contributed by atoms with Gasteiger partial charge in [-0.3, -0.25) is 20.9 Å². The highest BCUT2D eigenvalue weighted by molar-refractivity contribution is 9.10. The summed E-state index contributed by atoms with van der Waals surface area (Å²) in [6.45, 7) is 0. The molecular weight excluding hydrogens is 323 g/mol. The molecule has 0 aliphatic carbocycles. The van der Waals surface area contributed by atoms with E-state index in [-0.39, 0.29) is 10.2 Å². The van der Waals surface area contributed by atoms with Crippen molar-refractivity contribution in [3.63, 3.8) is 0 Å². The number of benzene rings is 1. The summed E-state index contributed by atoms with van der Waals surface area (Å²) in [5.41, 5.74) is 5.99. The van der Waals surface area contributed by atoms with Crippen molar-refractivity contribution in [3.8, 4) is 6.07 Å². The van der Waals surface area contributed by atoms with Crippen molar-refractivity contribution in [2.75, 3.05) is 5.43 Å². The van der Waals surface area contributed by atoms with Gasteiger partial charge in [-0.15, -0.1) is 0 Å². The molecule has 8 nitrogen and oxygen atoms in total. The minimum atomic E-state index is -0.748. The molecule has 0 bridgehead atoms. The van der Waals surface area contributed by atoms with Crippen molar-refractivity contribution in [2.24, 2.45) is 10.8 Å². The van der Waals surface area contributed by atoms with E-state index in [4.69, 9.17) is 16.4 Å². The molecule has 19 heavy (non-hydrogen) atoms. The maximum absolute atomic E-state index is 13.3. The Hall–Kier alpha value is -2.54. The highest BCUT2D eigenvalue weighted by Gasteiger charge is 2.17. The molecule has 4 N–H and O–H groups in total. The molecule has 1 aromatic carbocycles. The topological polar surface area (TPSA) is 141 Å². The Bertz CT molecular complexity index is 624. The number of hydrazone groups is 1. The quantitative estimate of drug-likeness (QED) is 0.334. The van der Waals surface area contributed by atoms with Gasteiger partial charge in [0.05, 0.1) is 9.40 Å². The van der Waals surface area contributed by atoms with Gasteiger partial charge in [0.25, 0.3) is 5.69 Å². The van der Waals surface area contributed by atoms with E-state index in [0.29, 0.717) is 0 Å². The van der Waals surface area contributed by atoms with Crippen LogP contribution >= 0.6 is 15.9 Å². The molecule has 0 fully saturated rings. The number of hydrogen-bond acceptors (Lipinski definition) is 6. The van der Waals surface area contributed by atoms with Crippen molar-refractivity contribution in [1.82, 2.24) is 0 Å². The van der Waals surface area contributed by atoms with E-state index >= 15 is 0 Å². The average Bonchev–Trinajstić information content (AvgIpc) is 2.33. The first-order chi connectivity index (χ1) is 8.86. The second kappa shape index (κ2) is 5.87. The van der Waals surface area contributed by atoms with Gasteiger partial charge in [0.1, 0.15) is 17.6 Å². The SMILES string of the molecule is N#C/C(=N\Nc1cc(F)c(Br)cc1[N+](=O)[O-])C(=N)N. The number of amidine groups is 1. The number of nitriles is 1. The maximum atomic E-state index is 13.3. The zero-order valence-corrected chi connectivity index (χ0v) is 10.7. The molecule has 0 aliphatic heterocycles. The van der Waals surface area contributed by atoms with Gasteiger partial charge in [-0.25, -0.2) is 4.39 Å². The molecule has 10 heteroatoms. The van der Waals surface area contributed by atoms with E-state index in [9.17, 15) is 14.5 Å². The third-order valence-corrected chi connectivity index (χ3v) is 2.49. The summed E-state index contributed by atoms with van der Waals surface area (Å²) >= 11 is 2.82. The molecule has 1 rings (SSSR count). The largest absolute Gasteiger partial charge is 0.382 e. The van der Waals surface area contributed by atoms with Crippen LogP contribution in [0.25, 0.3) is 0 Å². The zero-order chi connectivity index (χ0) is 14.6. The predicted molar refractivity (Wildman–Crippen MR) is 69.3 cm³/mol. The summed E-state index contributed by atoms with van der Waals surface area (Å²) in [5.74, 6) is -1.36. The monoisotopic (exact) mass is 328 g/mol. The number of halogens is 2. The fourth-order valence-electron chi connectivity index (χ4n) is 1.04. The highest BCUT2D eigenvalue weighted by Crippen LogP contribution is 2.30. The molecule has 0 atom stereocenters. The molecule has 0 aromatic heterocycles. The summed E-state index contributed by atoms with van der Waals surface area (Å²) in [6, 6.07) is 3.30. The van der Waals surface area contributed by atoms with Gasteiger partial charge < -0.3 is 5.73 Å². The molecule has 0 saturated carbocycles. The Morgan fingerprint density at radius 2 is 2.32 bits per heavy atom. The number of anilines is 1. The first kappa shape index (κ1) is 14.5. The van der Waals surface area contributed by atoms with E-state index in [1.807, 2.05) is 0 Å². The molecule has 0 spiro atoms. The van der Waals surface area contributed by atoms with Gasteiger partial charge in [0, 0.05) is 12.1 Å². The van der Waals surface area contributed by atoms with E-state index in [1.165, 1.54) is 6.07 Å². The van der Waals surface area contributed by atoms with Gasteiger partial charge in [-0.1, -0.05) is 0 Å². The highest BCUT2D eigenvalue weighted by atomic mass is 79.9. The molecule has 0 amide bonds. The first-order valence-corrected chi connectivity index (χ1v) is 5.37. The van der Waals surface area contributed by atoms with Crippen molar-refractivity contribution in [1.29, 1.82) is 10.7 Å². The van der Waals surface area contributed by atoms with Crippen LogP contribution < -0.4 is 11.2 Å². The van der Waals surface area contributed by atoms with Crippen molar-refractivity contribution in [3.05, 3.63) is 32.5 Å². The van der Waals surface area contributed by atoms with E-state index in [0.717, 1.165) is 12.1 Å². The van der Waals surface area contributed by atoms with Gasteiger partial charge in [-0.05, 0) is 15.9 Å². The van der Waals surface area contributed by atoms with Crippen LogP contribution in [-0.2, 0) is 0 Å². The molecule has 0 saturated heterocycles.